The first-order valence-corrected chi connectivity index (χ1v) is 8.32. The van der Waals surface area contributed by atoms with Gasteiger partial charge in [-0.25, -0.2) is 9.37 Å². The minimum atomic E-state index is -0.279. The minimum Gasteiger partial charge on any atom is -0.481 e. The standard InChI is InChI=1S/C18H19BrFNO2/c1-3-4-12(15-7-6-14(19)10-16(15)20)9-17(22)13-5-8-18(23-2)21-11-13/h5-8,10-12H,3-4,9H2,1-2H3. The molecule has 5 heteroatoms. The fourth-order valence-corrected chi connectivity index (χ4v) is 2.89. The quantitative estimate of drug-likeness (QED) is 0.624. The molecule has 0 N–H and O–H groups in total. The number of carbonyl (C=O) groups is 1. The second kappa shape index (κ2) is 8.20. The van der Waals surface area contributed by atoms with E-state index >= 15 is 0 Å². The van der Waals surface area contributed by atoms with Crippen LogP contribution in [0.3, 0.4) is 0 Å². The molecular weight excluding hydrogens is 361 g/mol. The molecule has 2 rings (SSSR count). The maximum atomic E-state index is 14.2. The minimum absolute atomic E-state index is 0.0408. The maximum Gasteiger partial charge on any atom is 0.212 e. The van der Waals surface area contributed by atoms with Gasteiger partial charge in [0.1, 0.15) is 5.82 Å². The molecule has 0 aliphatic heterocycles. The molecule has 0 saturated heterocycles. The third-order valence-electron chi connectivity index (χ3n) is 3.74. The van der Waals surface area contributed by atoms with E-state index in [0.29, 0.717) is 21.5 Å². The smallest absolute Gasteiger partial charge is 0.212 e. The summed E-state index contributed by atoms with van der Waals surface area (Å²) in [6.45, 7) is 2.03. The molecule has 1 aromatic carbocycles. The SMILES string of the molecule is CCCC(CC(=O)c1ccc(OC)nc1)c1ccc(Br)cc1F. The topological polar surface area (TPSA) is 39.2 Å². The lowest BCUT2D eigenvalue weighted by Crippen LogP contribution is -2.10. The summed E-state index contributed by atoms with van der Waals surface area (Å²) in [6.07, 6.45) is 3.41. The number of Topliss-reactive ketones (excluding diaryl/α,β-unsaturated/α-hetero) is 1. The molecule has 0 aliphatic carbocycles. The molecule has 23 heavy (non-hydrogen) atoms. The van der Waals surface area contributed by atoms with Crippen molar-refractivity contribution in [3.8, 4) is 5.88 Å². The number of hydrogen-bond acceptors (Lipinski definition) is 3. The lowest BCUT2D eigenvalue weighted by Gasteiger charge is -2.17. The van der Waals surface area contributed by atoms with Crippen LogP contribution in [0, 0.1) is 5.82 Å². The van der Waals surface area contributed by atoms with Gasteiger partial charge in [0.25, 0.3) is 0 Å². The molecule has 1 unspecified atom stereocenters. The van der Waals surface area contributed by atoms with E-state index in [0.717, 1.165) is 12.8 Å². The summed E-state index contributed by atoms with van der Waals surface area (Å²) in [7, 11) is 1.53. The van der Waals surface area contributed by atoms with E-state index in [2.05, 4.69) is 20.9 Å². The van der Waals surface area contributed by atoms with Crippen molar-refractivity contribution in [3.05, 3.63) is 57.9 Å². The third-order valence-corrected chi connectivity index (χ3v) is 4.23. The lowest BCUT2D eigenvalue weighted by atomic mass is 9.88. The van der Waals surface area contributed by atoms with E-state index in [1.54, 1.807) is 24.3 Å². The van der Waals surface area contributed by atoms with Gasteiger partial charge in [-0.15, -0.1) is 0 Å². The molecule has 122 valence electrons. The van der Waals surface area contributed by atoms with Crippen molar-refractivity contribution < 1.29 is 13.9 Å². The first-order chi connectivity index (χ1) is 11.0. The number of pyridine rings is 1. The Bertz CT molecular complexity index is 673. The van der Waals surface area contributed by atoms with Gasteiger partial charge in [-0.05, 0) is 36.1 Å². The molecule has 0 aliphatic rings. The Morgan fingerprint density at radius 3 is 2.70 bits per heavy atom. The molecule has 0 spiro atoms. The fraction of sp³-hybridized carbons (Fsp3) is 0.333. The van der Waals surface area contributed by atoms with Gasteiger partial charge in [-0.2, -0.15) is 0 Å². The molecule has 0 radical (unpaired) electrons. The van der Waals surface area contributed by atoms with Crippen molar-refractivity contribution in [1.29, 1.82) is 0 Å². The number of carbonyl (C=O) groups excluding carboxylic acids is 1. The number of hydrogen-bond donors (Lipinski definition) is 0. The zero-order valence-corrected chi connectivity index (χ0v) is 14.8. The Balaban J connectivity index is 2.19. The van der Waals surface area contributed by atoms with Crippen molar-refractivity contribution in [2.24, 2.45) is 0 Å². The van der Waals surface area contributed by atoms with Crippen LogP contribution in [0.1, 0.15) is 48.0 Å². The van der Waals surface area contributed by atoms with Crippen LogP contribution in [-0.2, 0) is 0 Å². The number of ether oxygens (including phenoxy) is 1. The van der Waals surface area contributed by atoms with Crippen molar-refractivity contribution >= 4 is 21.7 Å². The number of methoxy groups -OCH3 is 1. The highest BCUT2D eigenvalue weighted by Crippen LogP contribution is 2.30. The predicted molar refractivity (Wildman–Crippen MR) is 91.5 cm³/mol. The summed E-state index contributed by atoms with van der Waals surface area (Å²) >= 11 is 3.26. The molecule has 1 heterocycles. The highest BCUT2D eigenvalue weighted by molar-refractivity contribution is 9.10. The van der Waals surface area contributed by atoms with Crippen molar-refractivity contribution in [2.45, 2.75) is 32.1 Å². The van der Waals surface area contributed by atoms with Crippen LogP contribution in [0.15, 0.2) is 41.0 Å². The van der Waals surface area contributed by atoms with E-state index in [-0.39, 0.29) is 23.9 Å². The van der Waals surface area contributed by atoms with Gasteiger partial charge in [0, 0.05) is 28.7 Å². The molecule has 1 atom stereocenters. The average molecular weight is 380 g/mol. The highest BCUT2D eigenvalue weighted by atomic mass is 79.9. The summed E-state index contributed by atoms with van der Waals surface area (Å²) in [6, 6.07) is 8.34. The van der Waals surface area contributed by atoms with E-state index in [1.165, 1.54) is 19.4 Å². The van der Waals surface area contributed by atoms with Gasteiger partial charge in [-0.3, -0.25) is 4.79 Å². The van der Waals surface area contributed by atoms with E-state index in [1.807, 2.05) is 6.92 Å². The molecule has 3 nitrogen and oxygen atoms in total. The zero-order chi connectivity index (χ0) is 16.8. The number of halogens is 2. The molecule has 0 amide bonds. The van der Waals surface area contributed by atoms with Crippen LogP contribution < -0.4 is 4.74 Å². The third kappa shape index (κ3) is 4.61. The average Bonchev–Trinajstić information content (AvgIpc) is 2.54. The first-order valence-electron chi connectivity index (χ1n) is 7.53. The van der Waals surface area contributed by atoms with Gasteiger partial charge in [0.05, 0.1) is 7.11 Å². The molecule has 1 aromatic heterocycles. The van der Waals surface area contributed by atoms with Gasteiger partial charge in [0.15, 0.2) is 5.78 Å². The zero-order valence-electron chi connectivity index (χ0n) is 13.2. The van der Waals surface area contributed by atoms with Crippen molar-refractivity contribution in [1.82, 2.24) is 4.98 Å². The second-order valence-corrected chi connectivity index (χ2v) is 6.28. The predicted octanol–water partition coefficient (Wildman–Crippen LogP) is 5.15. The summed E-state index contributed by atoms with van der Waals surface area (Å²) in [4.78, 5) is 16.5. The van der Waals surface area contributed by atoms with Crippen LogP contribution in [-0.4, -0.2) is 17.9 Å². The van der Waals surface area contributed by atoms with Crippen LogP contribution >= 0.6 is 15.9 Å². The van der Waals surface area contributed by atoms with Crippen LogP contribution in [0.2, 0.25) is 0 Å². The largest absolute Gasteiger partial charge is 0.481 e. The number of rotatable bonds is 7. The summed E-state index contributed by atoms with van der Waals surface area (Å²) < 4.78 is 19.9. The molecule has 2 aromatic rings. The summed E-state index contributed by atoms with van der Waals surface area (Å²) in [5, 5.41) is 0. The Morgan fingerprint density at radius 1 is 1.35 bits per heavy atom. The van der Waals surface area contributed by atoms with Crippen LogP contribution in [0.4, 0.5) is 4.39 Å². The summed E-state index contributed by atoms with van der Waals surface area (Å²) in [5.74, 6) is 0.00715. The molecule has 0 bridgehead atoms. The van der Waals surface area contributed by atoms with Crippen LogP contribution in [0.5, 0.6) is 5.88 Å². The number of nitrogens with zero attached hydrogens (tertiary/aromatic N) is 1. The van der Waals surface area contributed by atoms with Gasteiger partial charge in [-0.1, -0.05) is 35.3 Å². The molecule has 0 fully saturated rings. The first kappa shape index (κ1) is 17.6. The number of ketones is 1. The molecule has 0 saturated carbocycles. The summed E-state index contributed by atoms with van der Waals surface area (Å²) in [5.41, 5.74) is 1.11. The van der Waals surface area contributed by atoms with Gasteiger partial charge >= 0.3 is 0 Å². The number of aromatic nitrogens is 1. The Labute approximate surface area is 144 Å². The van der Waals surface area contributed by atoms with E-state index in [4.69, 9.17) is 4.74 Å². The van der Waals surface area contributed by atoms with Crippen molar-refractivity contribution in [2.75, 3.05) is 7.11 Å². The monoisotopic (exact) mass is 379 g/mol. The normalized spacial score (nSPS) is 12.0. The Kier molecular flexibility index (Phi) is 6.28. The van der Waals surface area contributed by atoms with Gasteiger partial charge < -0.3 is 4.74 Å². The van der Waals surface area contributed by atoms with Crippen molar-refractivity contribution in [3.63, 3.8) is 0 Å². The number of benzene rings is 1. The Morgan fingerprint density at radius 2 is 2.13 bits per heavy atom. The Hall–Kier alpha value is -1.75. The van der Waals surface area contributed by atoms with Gasteiger partial charge in [0.2, 0.25) is 5.88 Å². The maximum absolute atomic E-state index is 14.2. The van der Waals surface area contributed by atoms with Crippen LogP contribution in [0.25, 0.3) is 0 Å². The molecular formula is C18H19BrFNO2. The highest BCUT2D eigenvalue weighted by Gasteiger charge is 2.20. The van der Waals surface area contributed by atoms with E-state index in [9.17, 15) is 9.18 Å². The second-order valence-electron chi connectivity index (χ2n) is 5.37. The lowest BCUT2D eigenvalue weighted by molar-refractivity contribution is 0.0971. The van der Waals surface area contributed by atoms with E-state index < -0.39 is 0 Å². The fourth-order valence-electron chi connectivity index (χ4n) is 2.56.